The van der Waals surface area contributed by atoms with Crippen molar-refractivity contribution in [3.63, 3.8) is 0 Å². The molecule has 0 saturated carbocycles. The second-order valence-corrected chi connectivity index (χ2v) is 9.29. The molecular weight excluding hydrogens is 410 g/mol. The SMILES string of the molecule is COc1cccc(OC)c1OCC(O)CNC(=O)c1ccc(S(=O)(=O)C(C)C)cc1. The van der Waals surface area contributed by atoms with Gasteiger partial charge in [0.05, 0.1) is 24.4 Å². The van der Waals surface area contributed by atoms with Crippen LogP contribution in [0.2, 0.25) is 0 Å². The zero-order valence-corrected chi connectivity index (χ0v) is 18.2. The summed E-state index contributed by atoms with van der Waals surface area (Å²) in [6.07, 6.45) is -0.982. The molecule has 1 amide bonds. The Morgan fingerprint density at radius 2 is 1.60 bits per heavy atom. The quantitative estimate of drug-likeness (QED) is 0.585. The highest BCUT2D eigenvalue weighted by Gasteiger charge is 2.20. The summed E-state index contributed by atoms with van der Waals surface area (Å²) in [4.78, 5) is 12.4. The van der Waals surface area contributed by atoms with E-state index in [1.165, 1.54) is 38.5 Å². The average Bonchev–Trinajstić information content (AvgIpc) is 2.75. The Morgan fingerprint density at radius 3 is 2.10 bits per heavy atom. The third-order valence-electron chi connectivity index (χ3n) is 4.37. The minimum atomic E-state index is -3.40. The molecule has 0 aliphatic rings. The van der Waals surface area contributed by atoms with Crippen molar-refractivity contribution in [2.75, 3.05) is 27.4 Å². The number of carbonyl (C=O) groups excluding carboxylic acids is 1. The molecule has 0 heterocycles. The zero-order chi connectivity index (χ0) is 22.3. The van der Waals surface area contributed by atoms with Gasteiger partial charge in [0.15, 0.2) is 21.3 Å². The van der Waals surface area contributed by atoms with Crippen molar-refractivity contribution in [2.24, 2.45) is 0 Å². The van der Waals surface area contributed by atoms with Crippen LogP contribution >= 0.6 is 0 Å². The fourth-order valence-electron chi connectivity index (χ4n) is 2.58. The van der Waals surface area contributed by atoms with Crippen LogP contribution in [-0.4, -0.2) is 58.2 Å². The number of amides is 1. The highest BCUT2D eigenvalue weighted by atomic mass is 32.2. The van der Waals surface area contributed by atoms with Crippen molar-refractivity contribution in [1.82, 2.24) is 5.32 Å². The molecule has 1 unspecified atom stereocenters. The summed E-state index contributed by atoms with van der Waals surface area (Å²) in [5.41, 5.74) is 0.289. The number of sulfone groups is 1. The van der Waals surface area contributed by atoms with Gasteiger partial charge in [-0.05, 0) is 50.2 Å². The van der Waals surface area contributed by atoms with Crippen LogP contribution in [0.1, 0.15) is 24.2 Å². The first-order valence-electron chi connectivity index (χ1n) is 9.34. The van der Waals surface area contributed by atoms with Crippen molar-refractivity contribution in [1.29, 1.82) is 0 Å². The van der Waals surface area contributed by atoms with Gasteiger partial charge in [-0.3, -0.25) is 4.79 Å². The molecule has 2 aromatic carbocycles. The molecule has 0 saturated heterocycles. The van der Waals surface area contributed by atoms with Gasteiger partial charge in [0, 0.05) is 12.1 Å². The Morgan fingerprint density at radius 1 is 1.03 bits per heavy atom. The molecule has 0 fully saturated rings. The summed E-state index contributed by atoms with van der Waals surface area (Å²) in [5, 5.41) is 12.2. The van der Waals surface area contributed by atoms with Gasteiger partial charge in [-0.2, -0.15) is 0 Å². The van der Waals surface area contributed by atoms with Gasteiger partial charge < -0.3 is 24.6 Å². The minimum absolute atomic E-state index is 0.0532. The van der Waals surface area contributed by atoms with Crippen molar-refractivity contribution in [2.45, 2.75) is 30.1 Å². The highest BCUT2D eigenvalue weighted by Crippen LogP contribution is 2.36. The van der Waals surface area contributed by atoms with E-state index in [-0.39, 0.29) is 23.6 Å². The van der Waals surface area contributed by atoms with Crippen LogP contribution in [0.5, 0.6) is 17.2 Å². The molecular formula is C21H27NO7S. The lowest BCUT2D eigenvalue weighted by atomic mass is 10.2. The predicted octanol–water partition coefficient (Wildman–Crippen LogP) is 2.06. The third kappa shape index (κ3) is 5.64. The topological polar surface area (TPSA) is 111 Å². The number of benzene rings is 2. The van der Waals surface area contributed by atoms with Gasteiger partial charge in [0.2, 0.25) is 5.75 Å². The van der Waals surface area contributed by atoms with Gasteiger partial charge in [-0.15, -0.1) is 0 Å². The predicted molar refractivity (Wildman–Crippen MR) is 112 cm³/mol. The maximum Gasteiger partial charge on any atom is 0.251 e. The van der Waals surface area contributed by atoms with Crippen molar-refractivity contribution >= 4 is 15.7 Å². The molecule has 9 heteroatoms. The number of aliphatic hydroxyl groups excluding tert-OH is 1. The lowest BCUT2D eigenvalue weighted by molar-refractivity contribution is 0.0833. The Hall–Kier alpha value is -2.78. The van der Waals surface area contributed by atoms with Crippen LogP contribution in [-0.2, 0) is 9.84 Å². The number of rotatable bonds is 10. The molecule has 0 bridgehead atoms. The summed E-state index contributed by atoms with van der Waals surface area (Å²) < 4.78 is 40.3. The summed E-state index contributed by atoms with van der Waals surface area (Å²) >= 11 is 0. The third-order valence-corrected chi connectivity index (χ3v) is 6.54. The van der Waals surface area contributed by atoms with Crippen LogP contribution in [0, 0.1) is 0 Å². The normalized spacial score (nSPS) is 12.3. The molecule has 8 nitrogen and oxygen atoms in total. The number of para-hydroxylation sites is 1. The van der Waals surface area contributed by atoms with Crippen molar-refractivity contribution < 1.29 is 32.5 Å². The number of hydrogen-bond donors (Lipinski definition) is 2. The van der Waals surface area contributed by atoms with E-state index in [0.717, 1.165) is 0 Å². The fraction of sp³-hybridized carbons (Fsp3) is 0.381. The number of nitrogens with one attached hydrogen (secondary N) is 1. The smallest absolute Gasteiger partial charge is 0.251 e. The molecule has 2 aromatic rings. The molecule has 2 rings (SSSR count). The molecule has 0 aromatic heterocycles. The highest BCUT2D eigenvalue weighted by molar-refractivity contribution is 7.92. The van der Waals surface area contributed by atoms with Crippen LogP contribution < -0.4 is 19.5 Å². The number of carbonyl (C=O) groups is 1. The maximum absolute atomic E-state index is 12.3. The fourth-order valence-corrected chi connectivity index (χ4v) is 3.64. The zero-order valence-electron chi connectivity index (χ0n) is 17.4. The summed E-state index contributed by atoms with van der Waals surface area (Å²) in [6.45, 7) is 3.05. The maximum atomic E-state index is 12.3. The second-order valence-electron chi connectivity index (χ2n) is 6.78. The molecule has 2 N–H and O–H groups in total. The number of hydrogen-bond acceptors (Lipinski definition) is 7. The molecule has 0 aliphatic carbocycles. The Kier molecular flexibility index (Phi) is 8.08. The largest absolute Gasteiger partial charge is 0.493 e. The second kappa shape index (κ2) is 10.3. The molecule has 30 heavy (non-hydrogen) atoms. The molecule has 0 aliphatic heterocycles. The Balaban J connectivity index is 1.92. The summed E-state index contributed by atoms with van der Waals surface area (Å²) in [5.74, 6) is 0.844. The van der Waals surface area contributed by atoms with Crippen molar-refractivity contribution in [3.05, 3.63) is 48.0 Å². The monoisotopic (exact) mass is 437 g/mol. The van der Waals surface area contributed by atoms with E-state index in [0.29, 0.717) is 17.2 Å². The van der Waals surface area contributed by atoms with Gasteiger partial charge in [0.1, 0.15) is 12.7 Å². The van der Waals surface area contributed by atoms with Crippen LogP contribution in [0.3, 0.4) is 0 Å². The van der Waals surface area contributed by atoms with E-state index in [2.05, 4.69) is 5.32 Å². The van der Waals surface area contributed by atoms with Crippen LogP contribution in [0.4, 0.5) is 0 Å². The first kappa shape index (κ1) is 23.5. The summed E-state index contributed by atoms with van der Waals surface area (Å²) in [7, 11) is -0.407. The molecule has 164 valence electrons. The first-order valence-corrected chi connectivity index (χ1v) is 10.9. The van der Waals surface area contributed by atoms with E-state index in [1.807, 2.05) is 0 Å². The standard InChI is InChI=1S/C21H27NO7S/c1-14(2)30(25,26)17-10-8-15(9-11-17)21(24)22-12-16(23)13-29-20-18(27-3)6-5-7-19(20)28-4/h5-11,14,16,23H,12-13H2,1-4H3,(H,22,24). The number of ether oxygens (including phenoxy) is 3. The lowest BCUT2D eigenvalue weighted by Gasteiger charge is -2.17. The average molecular weight is 438 g/mol. The van der Waals surface area contributed by atoms with Crippen LogP contribution in [0.15, 0.2) is 47.4 Å². The Bertz CT molecular complexity index is 934. The van der Waals surface area contributed by atoms with Gasteiger partial charge in [-0.1, -0.05) is 6.07 Å². The van der Waals surface area contributed by atoms with Gasteiger partial charge in [0.25, 0.3) is 5.91 Å². The lowest BCUT2D eigenvalue weighted by Crippen LogP contribution is -2.35. The van der Waals surface area contributed by atoms with E-state index < -0.39 is 27.1 Å². The summed E-state index contributed by atoms with van der Waals surface area (Å²) in [6, 6.07) is 10.8. The molecule has 0 spiro atoms. The Labute approximate surface area is 176 Å². The van der Waals surface area contributed by atoms with Crippen LogP contribution in [0.25, 0.3) is 0 Å². The number of aliphatic hydroxyl groups is 1. The van der Waals surface area contributed by atoms with E-state index >= 15 is 0 Å². The van der Waals surface area contributed by atoms with Gasteiger partial charge >= 0.3 is 0 Å². The minimum Gasteiger partial charge on any atom is -0.493 e. The van der Waals surface area contributed by atoms with E-state index in [9.17, 15) is 18.3 Å². The first-order chi connectivity index (χ1) is 14.2. The van der Waals surface area contributed by atoms with Crippen molar-refractivity contribution in [3.8, 4) is 17.2 Å². The number of methoxy groups -OCH3 is 2. The van der Waals surface area contributed by atoms with Gasteiger partial charge in [-0.25, -0.2) is 8.42 Å². The molecule has 1 atom stereocenters. The molecule has 0 radical (unpaired) electrons. The van der Waals surface area contributed by atoms with E-state index in [4.69, 9.17) is 14.2 Å². The van der Waals surface area contributed by atoms with E-state index in [1.54, 1.807) is 32.0 Å².